The second-order valence-electron chi connectivity index (χ2n) is 5.80. The molecule has 2 unspecified atom stereocenters. The van der Waals surface area contributed by atoms with E-state index in [9.17, 15) is 4.79 Å². The molecule has 0 radical (unpaired) electrons. The maximum Gasteiger partial charge on any atom is 0.251 e. The predicted octanol–water partition coefficient (Wildman–Crippen LogP) is 3.61. The van der Waals surface area contributed by atoms with E-state index in [1.54, 1.807) is 19.2 Å². The van der Waals surface area contributed by atoms with Crippen molar-refractivity contribution in [2.75, 3.05) is 13.0 Å². The van der Waals surface area contributed by atoms with Gasteiger partial charge < -0.3 is 10.1 Å². The van der Waals surface area contributed by atoms with E-state index in [0.29, 0.717) is 23.1 Å². The van der Waals surface area contributed by atoms with Gasteiger partial charge in [-0.2, -0.15) is 0 Å². The normalized spacial score (nSPS) is 26.1. The van der Waals surface area contributed by atoms with Crippen LogP contribution in [0.1, 0.15) is 43.0 Å². The molecule has 1 saturated carbocycles. The third kappa shape index (κ3) is 3.45. The van der Waals surface area contributed by atoms with Crippen LogP contribution in [0.3, 0.4) is 0 Å². The zero-order valence-electron chi connectivity index (χ0n) is 12.1. The van der Waals surface area contributed by atoms with Gasteiger partial charge in [0.05, 0.1) is 12.6 Å². The number of alkyl halides is 1. The third-order valence-electron chi connectivity index (χ3n) is 4.06. The summed E-state index contributed by atoms with van der Waals surface area (Å²) in [5.41, 5.74) is 0.353. The maximum atomic E-state index is 12.4. The Morgan fingerprint density at radius 3 is 3.00 bits per heavy atom. The molecule has 1 aliphatic rings. The molecule has 1 N–H and O–H groups in total. The topological polar surface area (TPSA) is 38.3 Å². The molecule has 0 spiro atoms. The van der Waals surface area contributed by atoms with Crippen LogP contribution in [0.2, 0.25) is 0 Å². The van der Waals surface area contributed by atoms with Crippen LogP contribution in [0.25, 0.3) is 0 Å². The molecule has 2 atom stereocenters. The van der Waals surface area contributed by atoms with E-state index in [1.807, 2.05) is 12.1 Å². The summed E-state index contributed by atoms with van der Waals surface area (Å²) >= 11 is 6.15. The fraction of sp³-hybridized carbons (Fsp3) is 0.562. The van der Waals surface area contributed by atoms with Crippen molar-refractivity contribution in [2.24, 2.45) is 5.92 Å². The lowest BCUT2D eigenvalue weighted by molar-refractivity contribution is 0.0867. The van der Waals surface area contributed by atoms with E-state index in [4.69, 9.17) is 16.3 Å². The van der Waals surface area contributed by atoms with Crippen molar-refractivity contribution in [3.05, 3.63) is 29.8 Å². The van der Waals surface area contributed by atoms with Gasteiger partial charge in [0, 0.05) is 11.4 Å². The van der Waals surface area contributed by atoms with Crippen LogP contribution in [0.15, 0.2) is 24.3 Å². The Hall–Kier alpha value is -1.22. The molecule has 0 bridgehead atoms. The standard InChI is InChI=1S/C16H22ClNO2/c1-12-5-4-8-16(10-12,11-17)18-15(19)13-6-3-7-14(9-13)20-2/h3,6-7,9,12H,4-5,8,10-11H2,1-2H3,(H,18,19). The van der Waals surface area contributed by atoms with Crippen molar-refractivity contribution in [1.29, 1.82) is 0 Å². The first-order chi connectivity index (χ1) is 9.58. The van der Waals surface area contributed by atoms with Crippen molar-refractivity contribution in [3.63, 3.8) is 0 Å². The van der Waals surface area contributed by atoms with Gasteiger partial charge in [-0.05, 0) is 37.0 Å². The maximum absolute atomic E-state index is 12.4. The summed E-state index contributed by atoms with van der Waals surface area (Å²) < 4.78 is 5.16. The summed E-state index contributed by atoms with van der Waals surface area (Å²) in [6.07, 6.45) is 4.24. The van der Waals surface area contributed by atoms with Crippen molar-refractivity contribution < 1.29 is 9.53 Å². The second kappa shape index (κ2) is 6.49. The number of hydrogen-bond donors (Lipinski definition) is 1. The van der Waals surface area contributed by atoms with E-state index in [0.717, 1.165) is 19.3 Å². The van der Waals surface area contributed by atoms with Gasteiger partial charge in [-0.1, -0.05) is 25.8 Å². The quantitative estimate of drug-likeness (QED) is 0.862. The molecule has 1 aromatic rings. The first-order valence-corrected chi connectivity index (χ1v) is 7.64. The summed E-state index contributed by atoms with van der Waals surface area (Å²) in [4.78, 5) is 12.4. The zero-order chi connectivity index (χ0) is 14.6. The highest BCUT2D eigenvalue weighted by molar-refractivity contribution is 6.19. The molecular weight excluding hydrogens is 274 g/mol. The van der Waals surface area contributed by atoms with Gasteiger partial charge in [0.2, 0.25) is 0 Å². The summed E-state index contributed by atoms with van der Waals surface area (Å²) in [7, 11) is 1.60. The monoisotopic (exact) mass is 295 g/mol. The summed E-state index contributed by atoms with van der Waals surface area (Å²) in [5, 5.41) is 3.15. The number of amides is 1. The number of hydrogen-bond acceptors (Lipinski definition) is 2. The van der Waals surface area contributed by atoms with Crippen molar-refractivity contribution in [3.8, 4) is 5.75 Å². The Morgan fingerprint density at radius 2 is 2.35 bits per heavy atom. The number of benzene rings is 1. The minimum absolute atomic E-state index is 0.0707. The van der Waals surface area contributed by atoms with E-state index >= 15 is 0 Å². The molecule has 4 heteroatoms. The highest BCUT2D eigenvalue weighted by atomic mass is 35.5. The van der Waals surface area contributed by atoms with Crippen LogP contribution in [-0.4, -0.2) is 24.4 Å². The molecule has 1 aliphatic carbocycles. The number of methoxy groups -OCH3 is 1. The SMILES string of the molecule is COc1cccc(C(=O)NC2(CCl)CCCC(C)C2)c1. The van der Waals surface area contributed by atoms with Gasteiger partial charge in [0.15, 0.2) is 0 Å². The third-order valence-corrected chi connectivity index (χ3v) is 4.57. The summed E-state index contributed by atoms with van der Waals surface area (Å²) in [6, 6.07) is 7.21. The van der Waals surface area contributed by atoms with Crippen LogP contribution in [0.5, 0.6) is 5.75 Å². The van der Waals surface area contributed by atoms with Crippen molar-refractivity contribution in [1.82, 2.24) is 5.32 Å². The number of carbonyl (C=O) groups excluding carboxylic acids is 1. The largest absolute Gasteiger partial charge is 0.497 e. The van der Waals surface area contributed by atoms with Gasteiger partial charge in [0.25, 0.3) is 5.91 Å². The average molecular weight is 296 g/mol. The molecule has 1 aromatic carbocycles. The molecule has 20 heavy (non-hydrogen) atoms. The highest BCUT2D eigenvalue weighted by Gasteiger charge is 2.35. The van der Waals surface area contributed by atoms with E-state index in [-0.39, 0.29) is 11.4 Å². The Balaban J connectivity index is 2.12. The molecular formula is C16H22ClNO2. The molecule has 0 aromatic heterocycles. The van der Waals surface area contributed by atoms with E-state index < -0.39 is 0 Å². The Kier molecular flexibility index (Phi) is 4.92. The Bertz CT molecular complexity index is 477. The minimum atomic E-state index is -0.265. The van der Waals surface area contributed by atoms with Crippen LogP contribution >= 0.6 is 11.6 Å². The lowest BCUT2D eigenvalue weighted by atomic mass is 9.77. The fourth-order valence-electron chi connectivity index (χ4n) is 3.01. The Morgan fingerprint density at radius 1 is 1.55 bits per heavy atom. The van der Waals surface area contributed by atoms with E-state index in [1.165, 1.54) is 6.42 Å². The molecule has 0 saturated heterocycles. The number of carbonyl (C=O) groups is 1. The molecule has 2 rings (SSSR count). The van der Waals surface area contributed by atoms with Gasteiger partial charge in [-0.15, -0.1) is 11.6 Å². The number of halogens is 1. The lowest BCUT2D eigenvalue weighted by Gasteiger charge is -2.39. The Labute approximate surface area is 125 Å². The summed E-state index contributed by atoms with van der Waals surface area (Å²) in [6.45, 7) is 2.22. The molecule has 0 heterocycles. The van der Waals surface area contributed by atoms with E-state index in [2.05, 4.69) is 12.2 Å². The smallest absolute Gasteiger partial charge is 0.251 e. The average Bonchev–Trinajstić information content (AvgIpc) is 2.47. The highest BCUT2D eigenvalue weighted by Crippen LogP contribution is 2.33. The first-order valence-electron chi connectivity index (χ1n) is 7.11. The van der Waals surface area contributed by atoms with Gasteiger partial charge in [-0.25, -0.2) is 0 Å². The lowest BCUT2D eigenvalue weighted by Crippen LogP contribution is -2.52. The molecule has 1 amide bonds. The van der Waals surface area contributed by atoms with Crippen molar-refractivity contribution in [2.45, 2.75) is 38.1 Å². The minimum Gasteiger partial charge on any atom is -0.497 e. The number of nitrogens with one attached hydrogen (secondary N) is 1. The van der Waals surface area contributed by atoms with Crippen LogP contribution in [0.4, 0.5) is 0 Å². The van der Waals surface area contributed by atoms with Crippen LogP contribution in [-0.2, 0) is 0 Å². The molecule has 110 valence electrons. The number of rotatable bonds is 4. The van der Waals surface area contributed by atoms with Gasteiger partial charge in [-0.3, -0.25) is 4.79 Å². The van der Waals surface area contributed by atoms with Gasteiger partial charge >= 0.3 is 0 Å². The molecule has 3 nitrogen and oxygen atoms in total. The molecule has 1 fully saturated rings. The second-order valence-corrected chi connectivity index (χ2v) is 6.07. The summed E-state index contributed by atoms with van der Waals surface area (Å²) in [5.74, 6) is 1.69. The van der Waals surface area contributed by atoms with Crippen LogP contribution in [0, 0.1) is 5.92 Å². The molecule has 0 aliphatic heterocycles. The van der Waals surface area contributed by atoms with Crippen molar-refractivity contribution >= 4 is 17.5 Å². The van der Waals surface area contributed by atoms with Gasteiger partial charge in [0.1, 0.15) is 5.75 Å². The van der Waals surface area contributed by atoms with Crippen LogP contribution < -0.4 is 10.1 Å². The zero-order valence-corrected chi connectivity index (χ0v) is 12.9. The fourth-order valence-corrected chi connectivity index (χ4v) is 3.32. The predicted molar refractivity (Wildman–Crippen MR) is 81.5 cm³/mol. The first kappa shape index (κ1) is 15.2. The number of ether oxygens (including phenoxy) is 1.